The highest BCUT2D eigenvalue weighted by Crippen LogP contribution is 2.33. The van der Waals surface area contributed by atoms with E-state index in [2.05, 4.69) is 41.1 Å². The van der Waals surface area contributed by atoms with Crippen LogP contribution >= 0.6 is 0 Å². The first-order valence-corrected chi connectivity index (χ1v) is 9.28. The van der Waals surface area contributed by atoms with Crippen molar-refractivity contribution < 1.29 is 14.3 Å². The van der Waals surface area contributed by atoms with E-state index >= 15 is 0 Å². The maximum atomic E-state index is 12.9. The number of hydrogen-bond donors (Lipinski definition) is 0. The number of carbonyl (C=O) groups is 1. The summed E-state index contributed by atoms with van der Waals surface area (Å²) in [5, 5.41) is 0. The van der Waals surface area contributed by atoms with Gasteiger partial charge in [-0.15, -0.1) is 0 Å². The molecule has 0 radical (unpaired) electrons. The van der Waals surface area contributed by atoms with Crippen LogP contribution in [0.15, 0.2) is 24.3 Å². The molecule has 0 bridgehead atoms. The predicted molar refractivity (Wildman–Crippen MR) is 97.0 cm³/mol. The number of anilines is 2. The molecule has 0 aromatic heterocycles. The summed E-state index contributed by atoms with van der Waals surface area (Å²) < 4.78 is 11.5. The van der Waals surface area contributed by atoms with Crippen molar-refractivity contribution in [2.24, 2.45) is 0 Å². The number of ether oxygens (including phenoxy) is 2. The average Bonchev–Trinajstić information content (AvgIpc) is 3.02. The van der Waals surface area contributed by atoms with Gasteiger partial charge in [-0.3, -0.25) is 4.79 Å². The van der Waals surface area contributed by atoms with Gasteiger partial charge in [0.1, 0.15) is 0 Å². The lowest BCUT2D eigenvalue weighted by Gasteiger charge is -2.38. The number of amides is 1. The predicted octanol–water partition coefficient (Wildman–Crippen LogP) is 1.70. The van der Waals surface area contributed by atoms with Crippen molar-refractivity contribution in [2.75, 3.05) is 62.8 Å². The minimum Gasteiger partial charge on any atom is -0.373 e. The number of piperidine rings is 1. The Labute approximate surface area is 149 Å². The van der Waals surface area contributed by atoms with Crippen LogP contribution in [0.5, 0.6) is 0 Å². The fourth-order valence-corrected chi connectivity index (χ4v) is 4.10. The Morgan fingerprint density at radius 3 is 2.44 bits per heavy atom. The second-order valence-electron chi connectivity index (χ2n) is 7.17. The fraction of sp³-hybridized carbons (Fsp3) is 0.632. The second-order valence-corrected chi connectivity index (χ2v) is 7.17. The van der Waals surface area contributed by atoms with Crippen molar-refractivity contribution in [3.63, 3.8) is 0 Å². The van der Waals surface area contributed by atoms with Crippen LogP contribution in [-0.2, 0) is 14.3 Å². The number of hydrogen-bond acceptors (Lipinski definition) is 5. The topological polar surface area (TPSA) is 45.2 Å². The Kier molecular flexibility index (Phi) is 4.56. The van der Waals surface area contributed by atoms with Crippen LogP contribution in [0, 0.1) is 0 Å². The van der Waals surface area contributed by atoms with Crippen LogP contribution in [0.4, 0.5) is 11.4 Å². The van der Waals surface area contributed by atoms with Gasteiger partial charge >= 0.3 is 0 Å². The van der Waals surface area contributed by atoms with Gasteiger partial charge in [-0.2, -0.15) is 0 Å². The van der Waals surface area contributed by atoms with Gasteiger partial charge in [-0.05, 0) is 18.6 Å². The number of carbonyl (C=O) groups excluding carboxylic acids is 1. The molecule has 6 nitrogen and oxygen atoms in total. The lowest BCUT2D eigenvalue weighted by Crippen LogP contribution is -2.50. The third-order valence-corrected chi connectivity index (χ3v) is 5.57. The van der Waals surface area contributed by atoms with E-state index in [1.165, 1.54) is 5.69 Å². The van der Waals surface area contributed by atoms with Gasteiger partial charge in [-0.25, -0.2) is 0 Å². The van der Waals surface area contributed by atoms with Crippen LogP contribution in [0.3, 0.4) is 0 Å². The number of nitrogens with zero attached hydrogens (tertiary/aromatic N) is 3. The summed E-state index contributed by atoms with van der Waals surface area (Å²) in [6, 6.07) is 8.37. The number of para-hydroxylation sites is 2. The molecule has 4 rings (SSSR count). The number of fused-ring (bicyclic) bond motifs is 1. The minimum absolute atomic E-state index is 0.201. The first-order valence-electron chi connectivity index (χ1n) is 9.28. The van der Waals surface area contributed by atoms with Crippen molar-refractivity contribution >= 4 is 17.3 Å². The molecule has 3 heterocycles. The highest BCUT2D eigenvalue weighted by atomic mass is 16.7. The average molecular weight is 345 g/mol. The fourth-order valence-electron chi connectivity index (χ4n) is 4.10. The van der Waals surface area contributed by atoms with Gasteiger partial charge in [0.25, 0.3) is 0 Å². The zero-order valence-electron chi connectivity index (χ0n) is 14.9. The molecule has 1 aromatic rings. The highest BCUT2D eigenvalue weighted by molar-refractivity contribution is 5.84. The van der Waals surface area contributed by atoms with Crippen molar-refractivity contribution in [1.29, 1.82) is 0 Å². The van der Waals surface area contributed by atoms with Crippen molar-refractivity contribution in [2.45, 2.75) is 25.0 Å². The quantitative estimate of drug-likeness (QED) is 0.816. The molecule has 2 fully saturated rings. The summed E-state index contributed by atoms with van der Waals surface area (Å²) in [6.45, 7) is 5.15. The molecule has 136 valence electrons. The monoisotopic (exact) mass is 345 g/mol. The molecule has 0 atom stereocenters. The molecule has 1 amide bonds. The van der Waals surface area contributed by atoms with Crippen molar-refractivity contribution in [3.8, 4) is 0 Å². The van der Waals surface area contributed by atoms with E-state index in [1.807, 2.05) is 4.90 Å². The van der Waals surface area contributed by atoms with Gasteiger partial charge < -0.3 is 24.2 Å². The Morgan fingerprint density at radius 1 is 1.04 bits per heavy atom. The molecule has 25 heavy (non-hydrogen) atoms. The van der Waals surface area contributed by atoms with E-state index in [4.69, 9.17) is 9.47 Å². The Hall–Kier alpha value is -1.79. The largest absolute Gasteiger partial charge is 0.373 e. The van der Waals surface area contributed by atoms with Crippen LogP contribution in [-0.4, -0.2) is 69.6 Å². The molecule has 0 saturated carbocycles. The zero-order chi connectivity index (χ0) is 17.3. The van der Waals surface area contributed by atoms with E-state index < -0.39 is 5.79 Å². The molecular weight excluding hydrogens is 318 g/mol. The van der Waals surface area contributed by atoms with E-state index in [1.54, 1.807) is 0 Å². The van der Waals surface area contributed by atoms with Crippen LogP contribution in [0.25, 0.3) is 0 Å². The van der Waals surface area contributed by atoms with Gasteiger partial charge in [0.2, 0.25) is 5.91 Å². The molecule has 0 N–H and O–H groups in total. The Bertz CT molecular complexity index is 620. The molecule has 2 saturated heterocycles. The Morgan fingerprint density at radius 2 is 1.72 bits per heavy atom. The maximum absolute atomic E-state index is 12.9. The second kappa shape index (κ2) is 6.84. The van der Waals surface area contributed by atoms with E-state index in [9.17, 15) is 4.79 Å². The van der Waals surface area contributed by atoms with Gasteiger partial charge in [-0.1, -0.05) is 12.1 Å². The van der Waals surface area contributed by atoms with Crippen LogP contribution < -0.4 is 9.80 Å². The standard InChI is InChI=1S/C19H27N3O3/c1-20-9-4-10-22(17-6-3-2-5-16(17)20)15-18(23)21-11-7-19(8-12-21)24-13-14-25-19/h2-3,5-6H,4,7-15H2,1H3. The molecule has 0 unspecified atom stereocenters. The van der Waals surface area contributed by atoms with Gasteiger partial charge in [0.15, 0.2) is 5.79 Å². The summed E-state index contributed by atoms with van der Waals surface area (Å²) in [5.74, 6) is -0.221. The van der Waals surface area contributed by atoms with Crippen molar-refractivity contribution in [3.05, 3.63) is 24.3 Å². The molecule has 1 aromatic carbocycles. The maximum Gasteiger partial charge on any atom is 0.242 e. The molecule has 6 heteroatoms. The highest BCUT2D eigenvalue weighted by Gasteiger charge is 2.40. The van der Waals surface area contributed by atoms with Gasteiger partial charge in [0, 0.05) is 46.1 Å². The summed E-state index contributed by atoms with van der Waals surface area (Å²) in [7, 11) is 2.12. The van der Waals surface area contributed by atoms with E-state index in [0.717, 1.165) is 38.0 Å². The lowest BCUT2D eigenvalue weighted by atomic mass is 10.0. The molecule has 3 aliphatic heterocycles. The minimum atomic E-state index is -0.422. The van der Waals surface area contributed by atoms with Crippen molar-refractivity contribution in [1.82, 2.24) is 4.90 Å². The summed E-state index contributed by atoms with van der Waals surface area (Å²) in [6.07, 6.45) is 2.61. The first kappa shape index (κ1) is 16.7. The normalized spacial score (nSPS) is 22.8. The molecule has 3 aliphatic rings. The molecular formula is C19H27N3O3. The number of rotatable bonds is 2. The summed E-state index contributed by atoms with van der Waals surface area (Å²) in [5.41, 5.74) is 2.37. The third-order valence-electron chi connectivity index (χ3n) is 5.57. The molecule has 1 spiro atoms. The van der Waals surface area contributed by atoms with E-state index in [0.29, 0.717) is 32.8 Å². The lowest BCUT2D eigenvalue weighted by molar-refractivity contribution is -0.187. The number of likely N-dealkylation sites (tertiary alicyclic amines) is 1. The Balaban J connectivity index is 1.42. The smallest absolute Gasteiger partial charge is 0.242 e. The van der Waals surface area contributed by atoms with Crippen LogP contribution in [0.1, 0.15) is 19.3 Å². The summed E-state index contributed by atoms with van der Waals surface area (Å²) >= 11 is 0. The third kappa shape index (κ3) is 3.33. The number of benzene rings is 1. The first-order chi connectivity index (χ1) is 12.2. The molecule has 0 aliphatic carbocycles. The zero-order valence-corrected chi connectivity index (χ0v) is 14.9. The van der Waals surface area contributed by atoms with Gasteiger partial charge in [0.05, 0.1) is 31.1 Å². The SMILES string of the molecule is CN1CCCN(CC(=O)N2CCC3(CC2)OCCO3)c2ccccc21. The van der Waals surface area contributed by atoms with E-state index in [-0.39, 0.29) is 5.91 Å². The van der Waals surface area contributed by atoms with Crippen LogP contribution in [0.2, 0.25) is 0 Å². The summed E-state index contributed by atoms with van der Waals surface area (Å²) in [4.78, 5) is 19.3.